The van der Waals surface area contributed by atoms with Crippen LogP contribution in [-0.2, 0) is 9.53 Å². The molecule has 0 aromatic heterocycles. The van der Waals surface area contributed by atoms with Crippen molar-refractivity contribution in [1.82, 2.24) is 10.2 Å². The summed E-state index contributed by atoms with van der Waals surface area (Å²) in [7, 11) is 0. The van der Waals surface area contributed by atoms with Gasteiger partial charge in [0.05, 0.1) is 0 Å². The number of nitrogens with zero attached hydrogens (tertiary/aromatic N) is 2. The van der Waals surface area contributed by atoms with Crippen LogP contribution in [0.3, 0.4) is 0 Å². The highest BCUT2D eigenvalue weighted by atomic mass is 16.6. The predicted molar refractivity (Wildman–Crippen MR) is 96.5 cm³/mol. The van der Waals surface area contributed by atoms with Crippen molar-refractivity contribution in [3.05, 3.63) is 0 Å². The Morgan fingerprint density at radius 1 is 1.20 bits per heavy atom. The van der Waals surface area contributed by atoms with Gasteiger partial charge in [-0.3, -0.25) is 9.79 Å². The molecule has 0 unspecified atom stereocenters. The first-order valence-electron chi connectivity index (χ1n) is 9.58. The van der Waals surface area contributed by atoms with E-state index in [1.54, 1.807) is 4.90 Å². The lowest BCUT2D eigenvalue weighted by Gasteiger charge is -2.36. The van der Waals surface area contributed by atoms with E-state index >= 15 is 0 Å². The van der Waals surface area contributed by atoms with Crippen LogP contribution in [0.1, 0.15) is 66.2 Å². The molecular weight excluding hydrogens is 318 g/mol. The molecule has 1 N–H and O–H groups in total. The lowest BCUT2D eigenvalue weighted by atomic mass is 9.82. The third kappa shape index (κ3) is 3.98. The molecule has 1 aliphatic carbocycles. The summed E-state index contributed by atoms with van der Waals surface area (Å²) in [4.78, 5) is 31.4. The van der Waals surface area contributed by atoms with Crippen molar-refractivity contribution >= 4 is 17.8 Å². The van der Waals surface area contributed by atoms with Crippen molar-refractivity contribution < 1.29 is 14.3 Å². The first-order valence-corrected chi connectivity index (χ1v) is 9.58. The highest BCUT2D eigenvalue weighted by molar-refractivity contribution is 6.09. The molecule has 6 nitrogen and oxygen atoms in total. The molecule has 0 atom stereocenters. The molecule has 1 spiro atoms. The fourth-order valence-corrected chi connectivity index (χ4v) is 3.99. The molecule has 0 radical (unpaired) electrons. The Balaban J connectivity index is 1.62. The minimum atomic E-state index is -0.670. The van der Waals surface area contributed by atoms with E-state index in [2.05, 4.69) is 12.2 Å². The van der Waals surface area contributed by atoms with Crippen LogP contribution in [0.5, 0.6) is 0 Å². The van der Waals surface area contributed by atoms with Gasteiger partial charge in [0.2, 0.25) is 0 Å². The van der Waals surface area contributed by atoms with E-state index < -0.39 is 11.1 Å². The van der Waals surface area contributed by atoms with Crippen LogP contribution in [0, 0.1) is 11.8 Å². The number of aliphatic imine (C=N–C) groups is 1. The average Bonchev–Trinajstić information content (AvgIpc) is 2.84. The molecule has 2 aliphatic heterocycles. The van der Waals surface area contributed by atoms with Crippen LogP contribution in [0.2, 0.25) is 0 Å². The van der Waals surface area contributed by atoms with Crippen molar-refractivity contribution in [1.29, 1.82) is 0 Å². The van der Waals surface area contributed by atoms with E-state index in [4.69, 9.17) is 9.73 Å². The van der Waals surface area contributed by atoms with Gasteiger partial charge in [-0.1, -0.05) is 19.8 Å². The van der Waals surface area contributed by atoms with E-state index in [9.17, 15) is 9.59 Å². The van der Waals surface area contributed by atoms with E-state index in [-0.39, 0.29) is 12.0 Å². The molecule has 0 aromatic rings. The molecule has 2 amide bonds. The van der Waals surface area contributed by atoms with E-state index in [1.165, 1.54) is 12.8 Å². The number of carbonyl (C=O) groups is 2. The number of hydrogen-bond acceptors (Lipinski definition) is 4. The van der Waals surface area contributed by atoms with Gasteiger partial charge in [-0.15, -0.1) is 0 Å². The third-order valence-corrected chi connectivity index (χ3v) is 5.64. The molecule has 1 saturated heterocycles. The third-order valence-electron chi connectivity index (χ3n) is 5.64. The average molecular weight is 349 g/mol. The molecule has 2 heterocycles. The van der Waals surface area contributed by atoms with Crippen LogP contribution < -0.4 is 5.32 Å². The quantitative estimate of drug-likeness (QED) is 0.791. The zero-order valence-corrected chi connectivity index (χ0v) is 15.9. The van der Waals surface area contributed by atoms with Gasteiger partial charge in [0.25, 0.3) is 5.91 Å². The second-order valence-electron chi connectivity index (χ2n) is 8.91. The van der Waals surface area contributed by atoms with E-state index in [1.807, 2.05) is 20.8 Å². The van der Waals surface area contributed by atoms with Crippen molar-refractivity contribution in [2.75, 3.05) is 13.1 Å². The van der Waals surface area contributed by atoms with Gasteiger partial charge in [-0.05, 0) is 52.4 Å². The largest absolute Gasteiger partial charge is 0.444 e. The highest BCUT2D eigenvalue weighted by Gasteiger charge is 2.47. The Hall–Kier alpha value is -1.59. The Kier molecular flexibility index (Phi) is 4.82. The molecule has 0 aromatic carbocycles. The van der Waals surface area contributed by atoms with Crippen LogP contribution >= 0.6 is 0 Å². The van der Waals surface area contributed by atoms with E-state index in [0.717, 1.165) is 24.6 Å². The molecule has 0 bridgehead atoms. The summed E-state index contributed by atoms with van der Waals surface area (Å²) in [5.41, 5.74) is -1.17. The molecule has 1 saturated carbocycles. The van der Waals surface area contributed by atoms with E-state index in [0.29, 0.717) is 31.8 Å². The standard InChI is InChI=1S/C19H31N3O3/c1-13-5-7-14(8-6-13)15-20-16(23)19(21-15)9-11-22(12-10-19)17(24)25-18(2,3)4/h13-14H,5-12H2,1-4H3,(H,20,21,23). The van der Waals surface area contributed by atoms with Crippen molar-refractivity contribution in [2.24, 2.45) is 16.8 Å². The lowest BCUT2D eigenvalue weighted by molar-refractivity contribution is -0.125. The Bertz CT molecular complexity index is 563. The number of piperidine rings is 1. The molecule has 140 valence electrons. The predicted octanol–water partition coefficient (Wildman–Crippen LogP) is 3.11. The zero-order valence-electron chi connectivity index (χ0n) is 15.9. The summed E-state index contributed by atoms with van der Waals surface area (Å²) < 4.78 is 5.43. The molecular formula is C19H31N3O3. The summed E-state index contributed by atoms with van der Waals surface area (Å²) in [5.74, 6) is 2.08. The normalized spacial score (nSPS) is 29.4. The van der Waals surface area contributed by atoms with Crippen LogP contribution in [0.15, 0.2) is 4.99 Å². The monoisotopic (exact) mass is 349 g/mol. The maximum absolute atomic E-state index is 12.6. The molecule has 3 aliphatic rings. The number of ether oxygens (including phenoxy) is 1. The molecule has 25 heavy (non-hydrogen) atoms. The molecule has 2 fully saturated rings. The highest BCUT2D eigenvalue weighted by Crippen LogP contribution is 2.35. The van der Waals surface area contributed by atoms with Gasteiger partial charge in [-0.2, -0.15) is 0 Å². The Morgan fingerprint density at radius 3 is 2.36 bits per heavy atom. The van der Waals surface area contributed by atoms with Gasteiger partial charge < -0.3 is 15.0 Å². The van der Waals surface area contributed by atoms with Crippen molar-refractivity contribution in [2.45, 2.75) is 77.4 Å². The second kappa shape index (κ2) is 6.61. The number of amidine groups is 1. The van der Waals surface area contributed by atoms with Crippen LogP contribution in [-0.4, -0.2) is 47.0 Å². The zero-order chi connectivity index (χ0) is 18.2. The summed E-state index contributed by atoms with van der Waals surface area (Å²) in [6.45, 7) is 8.91. The minimum Gasteiger partial charge on any atom is -0.444 e. The fourth-order valence-electron chi connectivity index (χ4n) is 3.99. The molecule has 6 heteroatoms. The van der Waals surface area contributed by atoms with Crippen LogP contribution in [0.25, 0.3) is 0 Å². The Labute approximate surface area is 150 Å². The Morgan fingerprint density at radius 2 is 1.80 bits per heavy atom. The topological polar surface area (TPSA) is 71.0 Å². The second-order valence-corrected chi connectivity index (χ2v) is 8.91. The summed E-state index contributed by atoms with van der Waals surface area (Å²) >= 11 is 0. The summed E-state index contributed by atoms with van der Waals surface area (Å²) in [6, 6.07) is 0. The first kappa shape index (κ1) is 18.2. The first-order chi connectivity index (χ1) is 11.7. The maximum atomic E-state index is 12.6. The number of carbonyl (C=O) groups excluding carboxylic acids is 2. The smallest absolute Gasteiger partial charge is 0.410 e. The van der Waals surface area contributed by atoms with Crippen molar-refractivity contribution in [3.63, 3.8) is 0 Å². The molecule has 3 rings (SSSR count). The number of rotatable bonds is 1. The van der Waals surface area contributed by atoms with Gasteiger partial charge in [0.15, 0.2) is 0 Å². The maximum Gasteiger partial charge on any atom is 0.410 e. The summed E-state index contributed by atoms with van der Waals surface area (Å²) in [6.07, 6.45) is 5.49. The number of hydrogen-bond donors (Lipinski definition) is 1. The number of amides is 2. The lowest BCUT2D eigenvalue weighted by Crippen LogP contribution is -2.51. The number of nitrogens with one attached hydrogen (secondary N) is 1. The minimum absolute atomic E-state index is 0.0185. The SMILES string of the molecule is CC1CCC(C2=NC3(CCN(C(=O)OC(C)(C)C)CC3)C(=O)N2)CC1. The van der Waals surface area contributed by atoms with Gasteiger partial charge in [-0.25, -0.2) is 4.79 Å². The fraction of sp³-hybridized carbons (Fsp3) is 0.842. The van der Waals surface area contributed by atoms with Crippen molar-refractivity contribution in [3.8, 4) is 0 Å². The summed E-state index contributed by atoms with van der Waals surface area (Å²) in [5, 5.41) is 3.06. The number of likely N-dealkylation sites (tertiary alicyclic amines) is 1. The van der Waals surface area contributed by atoms with Crippen LogP contribution in [0.4, 0.5) is 4.79 Å². The van der Waals surface area contributed by atoms with Gasteiger partial charge in [0.1, 0.15) is 17.0 Å². The van der Waals surface area contributed by atoms with Gasteiger partial charge >= 0.3 is 6.09 Å². The van der Waals surface area contributed by atoms with Gasteiger partial charge in [0, 0.05) is 19.0 Å².